The van der Waals surface area contributed by atoms with Crippen molar-refractivity contribution in [1.29, 1.82) is 0 Å². The van der Waals surface area contributed by atoms with Gasteiger partial charge in [0.1, 0.15) is 17.4 Å². The molecule has 1 aromatic rings. The molecule has 2 bridgehead atoms. The number of carboxylic acid groups (broad SMARTS) is 1. The summed E-state index contributed by atoms with van der Waals surface area (Å²) < 4.78 is 11.4. The first kappa shape index (κ1) is 23.7. The average Bonchev–Trinajstić information content (AvgIpc) is 3.39. The van der Waals surface area contributed by atoms with E-state index in [1.54, 1.807) is 37.5 Å². The molecule has 3 saturated heterocycles. The maximum absolute atomic E-state index is 14.1. The van der Waals surface area contributed by atoms with Crippen LogP contribution in [0.3, 0.4) is 0 Å². The van der Waals surface area contributed by atoms with Gasteiger partial charge in [-0.25, -0.2) is 0 Å². The van der Waals surface area contributed by atoms with Crippen LogP contribution in [0.25, 0.3) is 0 Å². The fraction of sp³-hybridized carbons (Fsp3) is 0.522. The summed E-state index contributed by atoms with van der Waals surface area (Å²) in [6.07, 6.45) is 1.50. The highest BCUT2D eigenvalue weighted by Gasteiger charge is 2.76. The van der Waals surface area contributed by atoms with Crippen LogP contribution in [0, 0.1) is 11.8 Å². The minimum atomic E-state index is -1.25. The number of nitrogens with zero attached hydrogens (tertiary/aromatic N) is 2. The van der Waals surface area contributed by atoms with Crippen molar-refractivity contribution < 1.29 is 34.1 Å². The zero-order chi connectivity index (χ0) is 23.9. The molecule has 33 heavy (non-hydrogen) atoms. The fourth-order valence-corrected chi connectivity index (χ4v) is 6.48. The van der Waals surface area contributed by atoms with E-state index in [1.165, 1.54) is 9.80 Å². The average molecular weight is 523 g/mol. The van der Waals surface area contributed by atoms with Gasteiger partial charge in [-0.2, -0.15) is 0 Å². The minimum absolute atomic E-state index is 0.127. The van der Waals surface area contributed by atoms with E-state index in [1.807, 2.05) is 0 Å². The molecule has 0 aliphatic carbocycles. The summed E-state index contributed by atoms with van der Waals surface area (Å²) in [6.45, 7) is 3.92. The van der Waals surface area contributed by atoms with Crippen molar-refractivity contribution in [2.45, 2.75) is 35.4 Å². The van der Waals surface area contributed by atoms with Crippen LogP contribution in [0.4, 0.5) is 5.69 Å². The second-order valence-corrected chi connectivity index (χ2v) is 9.72. The third-order valence-corrected chi connectivity index (χ3v) is 7.67. The topological polar surface area (TPSA) is 117 Å². The molecule has 2 N–H and O–H groups in total. The minimum Gasteiger partial charge on any atom is -0.497 e. The highest BCUT2D eigenvalue weighted by molar-refractivity contribution is 9.09. The van der Waals surface area contributed by atoms with Crippen molar-refractivity contribution in [3.05, 3.63) is 36.9 Å². The highest BCUT2D eigenvalue weighted by atomic mass is 79.9. The molecule has 6 atom stereocenters. The number of likely N-dealkylation sites (tertiary alicyclic amines) is 1. The van der Waals surface area contributed by atoms with Gasteiger partial charge in [0.2, 0.25) is 5.91 Å². The number of carbonyl (C=O) groups excluding carboxylic acids is 2. The Bertz CT molecular complexity index is 955. The number of benzene rings is 1. The number of hydrogen-bond donors (Lipinski definition) is 2. The summed E-state index contributed by atoms with van der Waals surface area (Å²) in [5.41, 5.74) is -0.662. The number of amides is 2. The van der Waals surface area contributed by atoms with Gasteiger partial charge in [-0.1, -0.05) is 22.0 Å². The largest absolute Gasteiger partial charge is 0.497 e. The molecular formula is C23H27BrN2O7. The lowest BCUT2D eigenvalue weighted by molar-refractivity contribution is -0.149. The molecular weight excluding hydrogens is 496 g/mol. The van der Waals surface area contributed by atoms with Crippen LogP contribution in [-0.4, -0.2) is 82.3 Å². The van der Waals surface area contributed by atoms with Crippen LogP contribution in [0.5, 0.6) is 5.75 Å². The van der Waals surface area contributed by atoms with E-state index < -0.39 is 41.5 Å². The fourth-order valence-electron chi connectivity index (χ4n) is 5.53. The van der Waals surface area contributed by atoms with Crippen LogP contribution in [0.2, 0.25) is 0 Å². The molecule has 2 amide bonds. The summed E-state index contributed by atoms with van der Waals surface area (Å²) in [4.78, 5) is 42.3. The Balaban J connectivity index is 1.77. The zero-order valence-corrected chi connectivity index (χ0v) is 19.8. The summed E-state index contributed by atoms with van der Waals surface area (Å²) >= 11 is 3.52. The third-order valence-electron chi connectivity index (χ3n) is 6.83. The molecule has 178 valence electrons. The summed E-state index contributed by atoms with van der Waals surface area (Å²) in [6, 6.07) is 5.93. The van der Waals surface area contributed by atoms with Crippen molar-refractivity contribution in [3.63, 3.8) is 0 Å². The van der Waals surface area contributed by atoms with Crippen molar-refractivity contribution in [2.24, 2.45) is 11.8 Å². The Morgan fingerprint density at radius 1 is 1.39 bits per heavy atom. The molecule has 0 aromatic heterocycles. The molecule has 3 heterocycles. The number of hydrogen-bond acceptors (Lipinski definition) is 6. The number of aliphatic hydroxyl groups is 1. The standard InChI is InChI=1S/C23H27BrN2O7/c1-3-9-25(13-5-7-14(32-2)8-6-13)21(29)19-23-12-15(24)18(33-23)16(22(30)31)17(23)20(28)26(19)10-4-11-27/h3,5-8,15-19,27H,1,4,9-12H2,2H3,(H,30,31)/t15?,16-,17+,18-,19?,23?/m1/s1. The van der Waals surface area contributed by atoms with Crippen LogP contribution < -0.4 is 9.64 Å². The number of aliphatic carboxylic acids is 1. The van der Waals surface area contributed by atoms with E-state index >= 15 is 0 Å². The Kier molecular flexibility index (Phi) is 6.52. The number of alkyl halides is 1. The quantitative estimate of drug-likeness (QED) is 0.372. The van der Waals surface area contributed by atoms with Gasteiger partial charge in [-0.3, -0.25) is 14.4 Å². The van der Waals surface area contributed by atoms with Gasteiger partial charge in [0.15, 0.2) is 0 Å². The molecule has 3 fully saturated rings. The molecule has 3 aliphatic heterocycles. The maximum Gasteiger partial charge on any atom is 0.310 e. The second kappa shape index (κ2) is 9.08. The van der Waals surface area contributed by atoms with E-state index in [4.69, 9.17) is 9.47 Å². The smallest absolute Gasteiger partial charge is 0.310 e. The van der Waals surface area contributed by atoms with Gasteiger partial charge >= 0.3 is 5.97 Å². The number of anilines is 1. The Labute approximate surface area is 200 Å². The third kappa shape index (κ3) is 3.64. The molecule has 1 spiro atoms. The van der Waals surface area contributed by atoms with Crippen molar-refractivity contribution in [2.75, 3.05) is 31.7 Å². The molecule has 3 aliphatic rings. The van der Waals surface area contributed by atoms with E-state index in [0.29, 0.717) is 17.9 Å². The van der Waals surface area contributed by atoms with Gasteiger partial charge in [-0.05, 0) is 37.1 Å². The summed E-state index contributed by atoms with van der Waals surface area (Å²) in [5.74, 6) is -3.27. The molecule has 0 radical (unpaired) electrons. The van der Waals surface area contributed by atoms with Crippen LogP contribution in [0.15, 0.2) is 36.9 Å². The van der Waals surface area contributed by atoms with E-state index in [2.05, 4.69) is 22.5 Å². The first-order chi connectivity index (χ1) is 15.8. The van der Waals surface area contributed by atoms with E-state index in [9.17, 15) is 24.6 Å². The molecule has 9 nitrogen and oxygen atoms in total. The SMILES string of the molecule is C=CCN(C(=O)C1N(CCCO)C(=O)[C@@H]2[C@@H](C(=O)O)[C@@H]3OC12CC3Br)c1ccc(OC)cc1. The van der Waals surface area contributed by atoms with Gasteiger partial charge in [0, 0.05) is 30.2 Å². The van der Waals surface area contributed by atoms with Gasteiger partial charge in [-0.15, -0.1) is 6.58 Å². The number of rotatable bonds is 9. The van der Waals surface area contributed by atoms with Gasteiger partial charge in [0.05, 0.1) is 25.0 Å². The zero-order valence-electron chi connectivity index (χ0n) is 18.2. The first-order valence-electron chi connectivity index (χ1n) is 10.8. The normalized spacial score (nSPS) is 32.0. The number of aliphatic hydroxyl groups excluding tert-OH is 1. The Morgan fingerprint density at radius 3 is 2.67 bits per heavy atom. The number of methoxy groups -OCH3 is 1. The number of carboxylic acids is 1. The summed E-state index contributed by atoms with van der Waals surface area (Å²) in [7, 11) is 1.55. The van der Waals surface area contributed by atoms with Crippen LogP contribution >= 0.6 is 15.9 Å². The second-order valence-electron chi connectivity index (χ2n) is 8.55. The van der Waals surface area contributed by atoms with Gasteiger partial charge in [0.25, 0.3) is 5.91 Å². The number of halogens is 1. The molecule has 0 saturated carbocycles. The Hall–Kier alpha value is -2.43. The van der Waals surface area contributed by atoms with E-state index in [-0.39, 0.29) is 36.9 Å². The predicted molar refractivity (Wildman–Crippen MR) is 122 cm³/mol. The lowest BCUT2D eigenvalue weighted by Crippen LogP contribution is -2.57. The van der Waals surface area contributed by atoms with Crippen molar-refractivity contribution >= 4 is 39.4 Å². The number of fused-ring (bicyclic) bond motifs is 1. The van der Waals surface area contributed by atoms with Crippen molar-refractivity contribution in [1.82, 2.24) is 4.90 Å². The first-order valence-corrected chi connectivity index (χ1v) is 11.7. The van der Waals surface area contributed by atoms with Gasteiger partial charge < -0.3 is 29.5 Å². The Morgan fingerprint density at radius 2 is 2.09 bits per heavy atom. The maximum atomic E-state index is 14.1. The van der Waals surface area contributed by atoms with Crippen molar-refractivity contribution in [3.8, 4) is 5.75 Å². The summed E-state index contributed by atoms with van der Waals surface area (Å²) in [5, 5.41) is 19.3. The number of carbonyl (C=O) groups is 3. The van der Waals surface area contributed by atoms with Crippen LogP contribution in [-0.2, 0) is 19.1 Å². The van der Waals surface area contributed by atoms with E-state index in [0.717, 1.165) is 0 Å². The lowest BCUT2D eigenvalue weighted by atomic mass is 9.70. The molecule has 10 heteroatoms. The predicted octanol–water partition coefficient (Wildman–Crippen LogP) is 1.43. The monoisotopic (exact) mass is 522 g/mol. The molecule has 4 rings (SSSR count). The highest BCUT2D eigenvalue weighted by Crippen LogP contribution is 2.60. The lowest BCUT2D eigenvalue weighted by Gasteiger charge is -2.37. The number of ether oxygens (including phenoxy) is 2. The van der Waals surface area contributed by atoms with Crippen LogP contribution in [0.1, 0.15) is 12.8 Å². The molecule has 1 aromatic carbocycles. The molecule has 3 unspecified atom stereocenters.